The lowest BCUT2D eigenvalue weighted by molar-refractivity contribution is -0.122. The van der Waals surface area contributed by atoms with Crippen LogP contribution in [0.1, 0.15) is 63.0 Å². The van der Waals surface area contributed by atoms with Crippen molar-refractivity contribution in [2.45, 2.75) is 51.9 Å². The second-order valence-corrected chi connectivity index (χ2v) is 9.24. The van der Waals surface area contributed by atoms with E-state index in [1.165, 1.54) is 29.7 Å². The van der Waals surface area contributed by atoms with Gasteiger partial charge in [0.1, 0.15) is 11.5 Å². The molecule has 0 bridgehead atoms. The van der Waals surface area contributed by atoms with Crippen molar-refractivity contribution in [3.63, 3.8) is 0 Å². The predicted molar refractivity (Wildman–Crippen MR) is 119 cm³/mol. The Morgan fingerprint density at radius 2 is 1.66 bits per heavy atom. The smallest absolute Gasteiger partial charge is 0.136 e. The molecule has 0 N–H and O–H groups in total. The third-order valence-electron chi connectivity index (χ3n) is 6.39. The monoisotopic (exact) mass is 391 g/mol. The molecule has 29 heavy (non-hydrogen) atoms. The molecule has 0 radical (unpaired) electrons. The SMILES string of the molecule is CC(C)C(=O)C[C@@H](C)c1ccc(C2CN(c3ccc(OCC4CC4)cc3)C2)cc1. The maximum absolute atomic E-state index is 12.0. The summed E-state index contributed by atoms with van der Waals surface area (Å²) in [6.07, 6.45) is 3.28. The van der Waals surface area contributed by atoms with E-state index in [0.29, 0.717) is 18.1 Å². The van der Waals surface area contributed by atoms with Crippen LogP contribution in [-0.2, 0) is 4.79 Å². The van der Waals surface area contributed by atoms with E-state index in [9.17, 15) is 4.79 Å². The summed E-state index contributed by atoms with van der Waals surface area (Å²) in [6, 6.07) is 17.5. The molecule has 0 aromatic heterocycles. The largest absolute Gasteiger partial charge is 0.493 e. The molecule has 1 saturated heterocycles. The molecule has 1 atom stereocenters. The number of anilines is 1. The lowest BCUT2D eigenvalue weighted by Gasteiger charge is -2.41. The third kappa shape index (κ3) is 5.01. The highest BCUT2D eigenvalue weighted by molar-refractivity contribution is 5.81. The van der Waals surface area contributed by atoms with E-state index in [1.807, 2.05) is 13.8 Å². The van der Waals surface area contributed by atoms with Crippen molar-refractivity contribution in [2.24, 2.45) is 11.8 Å². The molecule has 154 valence electrons. The zero-order valence-corrected chi connectivity index (χ0v) is 17.9. The summed E-state index contributed by atoms with van der Waals surface area (Å²) in [5.74, 6) is 3.12. The Kier molecular flexibility index (Phi) is 5.94. The van der Waals surface area contributed by atoms with Gasteiger partial charge in [0.05, 0.1) is 6.61 Å². The Morgan fingerprint density at radius 3 is 2.24 bits per heavy atom. The van der Waals surface area contributed by atoms with Crippen LogP contribution in [0.5, 0.6) is 5.75 Å². The second-order valence-electron chi connectivity index (χ2n) is 9.24. The van der Waals surface area contributed by atoms with Crippen molar-refractivity contribution < 1.29 is 9.53 Å². The molecular formula is C26H33NO2. The third-order valence-corrected chi connectivity index (χ3v) is 6.39. The molecule has 2 aliphatic rings. The van der Waals surface area contributed by atoms with Crippen LogP contribution in [0.25, 0.3) is 0 Å². The Hall–Kier alpha value is -2.29. The molecule has 1 heterocycles. The standard InChI is InChI=1S/C26H33NO2/c1-18(2)26(28)14-19(3)21-6-8-22(9-7-21)23-15-27(16-23)24-10-12-25(13-11-24)29-17-20-4-5-20/h6-13,18-20,23H,4-5,14-17H2,1-3H3/t19-/m1/s1. The molecule has 3 heteroatoms. The van der Waals surface area contributed by atoms with Crippen LogP contribution in [0, 0.1) is 11.8 Å². The van der Waals surface area contributed by atoms with Crippen LogP contribution in [0.3, 0.4) is 0 Å². The molecule has 0 spiro atoms. The van der Waals surface area contributed by atoms with Gasteiger partial charge in [0, 0.05) is 37.0 Å². The molecule has 3 nitrogen and oxygen atoms in total. The first-order chi connectivity index (χ1) is 14.0. The van der Waals surface area contributed by atoms with Crippen LogP contribution >= 0.6 is 0 Å². The van der Waals surface area contributed by atoms with Gasteiger partial charge in [-0.1, -0.05) is 45.0 Å². The number of hydrogen-bond donors (Lipinski definition) is 0. The average Bonchev–Trinajstić information content (AvgIpc) is 3.51. The molecule has 0 unspecified atom stereocenters. The minimum atomic E-state index is 0.122. The summed E-state index contributed by atoms with van der Waals surface area (Å²) in [5, 5.41) is 0. The van der Waals surface area contributed by atoms with Gasteiger partial charge in [0.15, 0.2) is 0 Å². The minimum absolute atomic E-state index is 0.122. The van der Waals surface area contributed by atoms with E-state index in [0.717, 1.165) is 31.4 Å². The summed E-state index contributed by atoms with van der Waals surface area (Å²) in [6.45, 7) is 9.10. The topological polar surface area (TPSA) is 29.5 Å². The first-order valence-corrected chi connectivity index (χ1v) is 11.1. The molecule has 2 aromatic carbocycles. The van der Waals surface area contributed by atoms with Gasteiger partial charge >= 0.3 is 0 Å². The number of ether oxygens (including phenoxy) is 1. The Morgan fingerprint density at radius 1 is 1.00 bits per heavy atom. The molecular weight excluding hydrogens is 358 g/mol. The fourth-order valence-electron chi connectivity index (χ4n) is 3.90. The highest BCUT2D eigenvalue weighted by Crippen LogP contribution is 2.34. The predicted octanol–water partition coefficient (Wildman–Crippen LogP) is 5.80. The van der Waals surface area contributed by atoms with E-state index in [-0.39, 0.29) is 11.8 Å². The first kappa shape index (κ1) is 20.0. The van der Waals surface area contributed by atoms with Gasteiger partial charge in [-0.2, -0.15) is 0 Å². The number of carbonyl (C=O) groups excluding carboxylic acids is 1. The molecule has 0 amide bonds. The summed E-state index contributed by atoms with van der Waals surface area (Å²) in [5.41, 5.74) is 3.94. The van der Waals surface area contributed by atoms with Crippen molar-refractivity contribution in [2.75, 3.05) is 24.6 Å². The van der Waals surface area contributed by atoms with Crippen LogP contribution in [0.4, 0.5) is 5.69 Å². The van der Waals surface area contributed by atoms with Crippen LogP contribution < -0.4 is 9.64 Å². The zero-order chi connectivity index (χ0) is 20.4. The van der Waals surface area contributed by atoms with Crippen molar-refractivity contribution >= 4 is 11.5 Å². The highest BCUT2D eigenvalue weighted by atomic mass is 16.5. The quantitative estimate of drug-likeness (QED) is 0.541. The van der Waals surface area contributed by atoms with Gasteiger partial charge in [-0.05, 0) is 60.1 Å². The average molecular weight is 392 g/mol. The lowest BCUT2D eigenvalue weighted by atomic mass is 9.87. The Bertz CT molecular complexity index is 815. The molecule has 2 fully saturated rings. The minimum Gasteiger partial charge on any atom is -0.493 e. The fraction of sp³-hybridized carbons (Fsp3) is 0.500. The Balaban J connectivity index is 1.27. The fourth-order valence-corrected chi connectivity index (χ4v) is 3.90. The van der Waals surface area contributed by atoms with Gasteiger partial charge in [-0.25, -0.2) is 0 Å². The number of nitrogens with zero attached hydrogens (tertiary/aromatic N) is 1. The molecule has 1 aliphatic carbocycles. The zero-order valence-electron chi connectivity index (χ0n) is 17.9. The van der Waals surface area contributed by atoms with E-state index in [2.05, 4.69) is 60.4 Å². The van der Waals surface area contributed by atoms with Crippen LogP contribution in [0.15, 0.2) is 48.5 Å². The van der Waals surface area contributed by atoms with Gasteiger partial charge in [-0.3, -0.25) is 4.79 Å². The van der Waals surface area contributed by atoms with Crippen LogP contribution in [-0.4, -0.2) is 25.5 Å². The summed E-state index contributed by atoms with van der Waals surface area (Å²) < 4.78 is 5.83. The lowest BCUT2D eigenvalue weighted by Crippen LogP contribution is -2.45. The number of benzene rings is 2. The van der Waals surface area contributed by atoms with Crippen molar-refractivity contribution in [1.29, 1.82) is 0 Å². The number of rotatable bonds is 9. The molecule has 1 aliphatic heterocycles. The number of ketones is 1. The van der Waals surface area contributed by atoms with Gasteiger partial charge in [-0.15, -0.1) is 0 Å². The van der Waals surface area contributed by atoms with E-state index >= 15 is 0 Å². The number of carbonyl (C=O) groups is 1. The summed E-state index contributed by atoms with van der Waals surface area (Å²) in [4.78, 5) is 14.4. The molecule has 4 rings (SSSR count). The van der Waals surface area contributed by atoms with E-state index < -0.39 is 0 Å². The van der Waals surface area contributed by atoms with Crippen molar-refractivity contribution in [1.82, 2.24) is 0 Å². The molecule has 2 aromatic rings. The normalized spacial score (nSPS) is 17.9. The number of hydrogen-bond acceptors (Lipinski definition) is 3. The van der Waals surface area contributed by atoms with E-state index in [4.69, 9.17) is 4.74 Å². The molecule has 1 saturated carbocycles. The van der Waals surface area contributed by atoms with Crippen LogP contribution in [0.2, 0.25) is 0 Å². The second kappa shape index (κ2) is 8.61. The maximum atomic E-state index is 12.0. The van der Waals surface area contributed by atoms with Gasteiger partial charge < -0.3 is 9.64 Å². The first-order valence-electron chi connectivity index (χ1n) is 11.1. The maximum Gasteiger partial charge on any atom is 0.136 e. The number of Topliss-reactive ketones (excluding diaryl/α,β-unsaturated/α-hetero) is 1. The van der Waals surface area contributed by atoms with E-state index in [1.54, 1.807) is 0 Å². The van der Waals surface area contributed by atoms with Gasteiger partial charge in [0.2, 0.25) is 0 Å². The highest BCUT2D eigenvalue weighted by Gasteiger charge is 2.28. The van der Waals surface area contributed by atoms with Crippen molar-refractivity contribution in [3.05, 3.63) is 59.7 Å². The van der Waals surface area contributed by atoms with Gasteiger partial charge in [0.25, 0.3) is 0 Å². The van der Waals surface area contributed by atoms with Crippen molar-refractivity contribution in [3.8, 4) is 5.75 Å². The summed E-state index contributed by atoms with van der Waals surface area (Å²) >= 11 is 0. The summed E-state index contributed by atoms with van der Waals surface area (Å²) in [7, 11) is 0. The Labute approximate surface area is 175 Å².